The first-order valence-electron chi connectivity index (χ1n) is 11.1. The van der Waals surface area contributed by atoms with Gasteiger partial charge in [-0.2, -0.15) is 0 Å². The van der Waals surface area contributed by atoms with Crippen LogP contribution in [0.25, 0.3) is 0 Å². The zero-order valence-electron chi connectivity index (χ0n) is 17.9. The lowest BCUT2D eigenvalue weighted by atomic mass is 9.72. The van der Waals surface area contributed by atoms with Crippen LogP contribution >= 0.6 is 0 Å². The van der Waals surface area contributed by atoms with Crippen LogP contribution in [0.5, 0.6) is 0 Å². The van der Waals surface area contributed by atoms with Gasteiger partial charge in [-0.3, -0.25) is 9.21 Å². The zero-order valence-corrected chi connectivity index (χ0v) is 18.7. The summed E-state index contributed by atoms with van der Waals surface area (Å²) in [5.74, 6) is 0.688. The first-order chi connectivity index (χ1) is 15.0. The third kappa shape index (κ3) is 3.57. The molecule has 2 fully saturated rings. The molecule has 5 rings (SSSR count). The van der Waals surface area contributed by atoms with Crippen LogP contribution in [0.3, 0.4) is 0 Å². The fourth-order valence-electron chi connectivity index (χ4n) is 5.56. The fourth-order valence-corrected chi connectivity index (χ4v) is 7.17. The fraction of sp³-hybridized carbons (Fsp3) is 0.500. The summed E-state index contributed by atoms with van der Waals surface area (Å²) >= 11 is 0. The molecular formula is C24H30N2O4S. The van der Waals surface area contributed by atoms with E-state index >= 15 is 0 Å². The molecule has 0 aliphatic carbocycles. The normalized spacial score (nSPS) is 26.8. The van der Waals surface area contributed by atoms with Crippen molar-refractivity contribution < 1.29 is 18.3 Å². The lowest BCUT2D eigenvalue weighted by Crippen LogP contribution is -2.69. The van der Waals surface area contributed by atoms with Crippen LogP contribution in [-0.4, -0.2) is 63.4 Å². The highest BCUT2D eigenvalue weighted by atomic mass is 32.2. The molecule has 2 aromatic rings. The number of rotatable bonds is 5. The van der Waals surface area contributed by atoms with Crippen molar-refractivity contribution in [3.63, 3.8) is 0 Å². The molecule has 3 atom stereocenters. The molecule has 0 radical (unpaired) electrons. The van der Waals surface area contributed by atoms with E-state index in [0.29, 0.717) is 17.4 Å². The number of sulfonamides is 1. The van der Waals surface area contributed by atoms with E-state index in [1.807, 2.05) is 37.3 Å². The third-order valence-electron chi connectivity index (χ3n) is 7.17. The highest BCUT2D eigenvalue weighted by Gasteiger charge is 2.54. The number of hydrogen-bond donors (Lipinski definition) is 1. The van der Waals surface area contributed by atoms with Crippen LogP contribution in [0.4, 0.5) is 5.69 Å². The number of aliphatic hydroxyl groups excluding tert-OH is 1. The minimum absolute atomic E-state index is 0.0396. The molecule has 0 amide bonds. The summed E-state index contributed by atoms with van der Waals surface area (Å²) in [6.07, 6.45) is 2.04. The quantitative estimate of drug-likeness (QED) is 0.771. The third-order valence-corrected chi connectivity index (χ3v) is 8.95. The number of aliphatic hydroxyl groups is 1. The summed E-state index contributed by atoms with van der Waals surface area (Å²) in [6, 6.07) is 15.0. The second kappa shape index (κ2) is 8.20. The number of fused-ring (bicyclic) bond motifs is 3. The maximum Gasteiger partial charge on any atom is 0.264 e. The molecule has 0 saturated carbocycles. The summed E-state index contributed by atoms with van der Waals surface area (Å²) < 4.78 is 34.4. The van der Waals surface area contributed by atoms with Crippen molar-refractivity contribution in [3.8, 4) is 0 Å². The zero-order chi connectivity index (χ0) is 21.6. The second-order valence-corrected chi connectivity index (χ2v) is 10.9. The minimum Gasteiger partial charge on any atom is -0.395 e. The molecule has 2 saturated heterocycles. The largest absolute Gasteiger partial charge is 0.395 e. The first-order valence-corrected chi connectivity index (χ1v) is 12.6. The van der Waals surface area contributed by atoms with Gasteiger partial charge >= 0.3 is 0 Å². The highest BCUT2D eigenvalue weighted by molar-refractivity contribution is 7.92. The Morgan fingerprint density at radius 1 is 1.10 bits per heavy atom. The number of ether oxygens (including phenoxy) is 1. The lowest BCUT2D eigenvalue weighted by Gasteiger charge is -2.59. The van der Waals surface area contributed by atoms with Gasteiger partial charge < -0.3 is 9.84 Å². The van der Waals surface area contributed by atoms with Crippen molar-refractivity contribution in [3.05, 3.63) is 59.7 Å². The van der Waals surface area contributed by atoms with E-state index < -0.39 is 10.0 Å². The monoisotopic (exact) mass is 442 g/mol. The number of aryl methyl sites for hydroxylation is 1. The molecule has 0 aromatic heterocycles. The average molecular weight is 443 g/mol. The predicted molar refractivity (Wildman–Crippen MR) is 120 cm³/mol. The lowest BCUT2D eigenvalue weighted by molar-refractivity contribution is -0.0616. The van der Waals surface area contributed by atoms with Gasteiger partial charge in [-0.25, -0.2) is 8.42 Å². The Hall–Kier alpha value is -1.93. The van der Waals surface area contributed by atoms with E-state index in [1.54, 1.807) is 22.5 Å². The highest BCUT2D eigenvalue weighted by Crippen LogP contribution is 2.49. The summed E-state index contributed by atoms with van der Waals surface area (Å²) in [5, 5.41) is 10.2. The van der Waals surface area contributed by atoms with Gasteiger partial charge in [-0.1, -0.05) is 30.3 Å². The van der Waals surface area contributed by atoms with E-state index in [2.05, 4.69) is 4.90 Å². The van der Waals surface area contributed by atoms with Crippen molar-refractivity contribution in [2.24, 2.45) is 5.92 Å². The molecule has 166 valence electrons. The molecular weight excluding hydrogens is 412 g/mol. The Kier molecular flexibility index (Phi) is 5.54. The van der Waals surface area contributed by atoms with Crippen molar-refractivity contribution in [2.75, 3.05) is 37.2 Å². The molecule has 3 aliphatic rings. The van der Waals surface area contributed by atoms with Gasteiger partial charge in [0.1, 0.15) is 0 Å². The van der Waals surface area contributed by atoms with Crippen LogP contribution in [0.15, 0.2) is 53.4 Å². The smallest absolute Gasteiger partial charge is 0.264 e. The molecule has 6 nitrogen and oxygen atoms in total. The maximum absolute atomic E-state index is 13.7. The molecule has 0 bridgehead atoms. The van der Waals surface area contributed by atoms with Crippen LogP contribution in [0.2, 0.25) is 0 Å². The van der Waals surface area contributed by atoms with Crippen molar-refractivity contribution in [1.82, 2.24) is 4.90 Å². The Morgan fingerprint density at radius 3 is 2.61 bits per heavy atom. The number of likely N-dealkylation sites (tertiary alicyclic amines) is 1. The summed E-state index contributed by atoms with van der Waals surface area (Å²) in [5.41, 5.74) is 2.70. The molecule has 31 heavy (non-hydrogen) atoms. The molecule has 1 N–H and O–H groups in total. The number of nitrogens with zero attached hydrogens (tertiary/aromatic N) is 2. The Bertz CT molecular complexity index is 1050. The van der Waals surface area contributed by atoms with Crippen LogP contribution in [0, 0.1) is 12.8 Å². The first kappa shape index (κ1) is 20.9. The van der Waals surface area contributed by atoms with Gasteiger partial charge in [0, 0.05) is 37.8 Å². The molecule has 3 heterocycles. The topological polar surface area (TPSA) is 70.1 Å². The predicted octanol–water partition coefficient (Wildman–Crippen LogP) is 2.76. The molecule has 0 unspecified atom stereocenters. The number of para-hydroxylation sites is 1. The maximum atomic E-state index is 13.7. The van der Waals surface area contributed by atoms with Crippen molar-refractivity contribution in [1.29, 1.82) is 0 Å². The minimum atomic E-state index is -3.68. The van der Waals surface area contributed by atoms with Crippen LogP contribution < -0.4 is 4.31 Å². The standard InChI is InChI=1S/C24H30N2O4S/c1-17-5-4-6-19(13-17)31(28,29)26-15-22-24(20-7-2-3-8-21(20)26)23(16-27)25(22)14-18-9-11-30-12-10-18/h2-8,13,18,22-24,27H,9-12,14-16H2,1H3/t22-,23+,24-/m0/s1. The van der Waals surface area contributed by atoms with E-state index in [9.17, 15) is 13.5 Å². The summed E-state index contributed by atoms with van der Waals surface area (Å²) in [7, 11) is -3.68. The molecule has 7 heteroatoms. The van der Waals surface area contributed by atoms with Gasteiger partial charge in [0.15, 0.2) is 0 Å². The molecule has 3 aliphatic heterocycles. The van der Waals surface area contributed by atoms with Crippen molar-refractivity contribution in [2.45, 2.75) is 42.7 Å². The summed E-state index contributed by atoms with van der Waals surface area (Å²) in [6.45, 7) is 4.87. The molecule has 2 aromatic carbocycles. The number of anilines is 1. The van der Waals surface area contributed by atoms with Crippen LogP contribution in [-0.2, 0) is 14.8 Å². The Balaban J connectivity index is 1.50. The summed E-state index contributed by atoms with van der Waals surface area (Å²) in [4.78, 5) is 2.67. The number of hydrogen-bond acceptors (Lipinski definition) is 5. The SMILES string of the molecule is Cc1cccc(S(=O)(=O)N2C[C@H]3[C@H](c4ccccc42)[C@@H](CO)N3CC2CCOCC2)c1. The van der Waals surface area contributed by atoms with Gasteiger partial charge in [0.25, 0.3) is 10.0 Å². The Labute approximate surface area is 184 Å². The Morgan fingerprint density at radius 2 is 1.87 bits per heavy atom. The van der Waals surface area contributed by atoms with Crippen molar-refractivity contribution >= 4 is 15.7 Å². The molecule has 0 spiro atoms. The van der Waals surface area contributed by atoms with E-state index in [4.69, 9.17) is 4.74 Å². The van der Waals surface area contributed by atoms with E-state index in [0.717, 1.165) is 49.4 Å². The van der Waals surface area contributed by atoms with Gasteiger partial charge in [-0.05, 0) is 55.0 Å². The van der Waals surface area contributed by atoms with E-state index in [1.165, 1.54) is 0 Å². The second-order valence-electron chi connectivity index (χ2n) is 9.01. The van der Waals surface area contributed by atoms with Gasteiger partial charge in [-0.15, -0.1) is 0 Å². The van der Waals surface area contributed by atoms with E-state index in [-0.39, 0.29) is 24.6 Å². The number of benzene rings is 2. The van der Waals surface area contributed by atoms with Gasteiger partial charge in [0.05, 0.1) is 23.7 Å². The van der Waals surface area contributed by atoms with Crippen LogP contribution in [0.1, 0.15) is 29.9 Å². The average Bonchev–Trinajstić information content (AvgIpc) is 2.78. The van der Waals surface area contributed by atoms with Gasteiger partial charge in [0.2, 0.25) is 0 Å².